The van der Waals surface area contributed by atoms with Gasteiger partial charge < -0.3 is 4.74 Å². The quantitative estimate of drug-likeness (QED) is 0.416. The zero-order valence-electron chi connectivity index (χ0n) is 8.21. The molecule has 5 heteroatoms. The average Bonchev–Trinajstić information content (AvgIpc) is 2.10. The standard InChI is InChI=1S/C9H13ClO3S/c1-6(2)9(12)13-4-8(10)5-14-7(3)11/h8H,1,4-5H2,2-3H3. The molecule has 80 valence electrons. The number of alkyl halides is 1. The molecule has 0 aromatic heterocycles. The van der Waals surface area contributed by atoms with E-state index >= 15 is 0 Å². The van der Waals surface area contributed by atoms with Crippen molar-refractivity contribution in [3.63, 3.8) is 0 Å². The van der Waals surface area contributed by atoms with E-state index in [2.05, 4.69) is 6.58 Å². The molecule has 0 aromatic carbocycles. The van der Waals surface area contributed by atoms with Crippen LogP contribution in [0, 0.1) is 0 Å². The van der Waals surface area contributed by atoms with Gasteiger partial charge in [-0.15, -0.1) is 11.6 Å². The first-order valence-corrected chi connectivity index (χ1v) is 5.45. The molecule has 0 fully saturated rings. The second-order valence-corrected chi connectivity index (χ2v) is 4.59. The molecule has 0 N–H and O–H groups in total. The maximum atomic E-state index is 10.9. The van der Waals surface area contributed by atoms with E-state index in [9.17, 15) is 9.59 Å². The van der Waals surface area contributed by atoms with Gasteiger partial charge in [0.1, 0.15) is 6.61 Å². The Morgan fingerprint density at radius 2 is 2.07 bits per heavy atom. The Morgan fingerprint density at radius 1 is 1.50 bits per heavy atom. The molecule has 0 aliphatic carbocycles. The first kappa shape index (κ1) is 13.5. The largest absolute Gasteiger partial charge is 0.461 e. The van der Waals surface area contributed by atoms with Gasteiger partial charge in [0, 0.05) is 18.2 Å². The fourth-order valence-corrected chi connectivity index (χ4v) is 1.31. The number of carbonyl (C=O) groups excluding carboxylic acids is 2. The molecular formula is C9H13ClO3S. The van der Waals surface area contributed by atoms with Gasteiger partial charge >= 0.3 is 5.97 Å². The SMILES string of the molecule is C=C(C)C(=O)OCC(Cl)CSC(C)=O. The van der Waals surface area contributed by atoms with E-state index in [0.29, 0.717) is 11.3 Å². The Kier molecular flexibility index (Phi) is 6.66. The highest BCUT2D eigenvalue weighted by Gasteiger charge is 2.10. The summed E-state index contributed by atoms with van der Waals surface area (Å²) in [4.78, 5) is 21.5. The highest BCUT2D eigenvalue weighted by molar-refractivity contribution is 8.13. The summed E-state index contributed by atoms with van der Waals surface area (Å²) >= 11 is 6.91. The van der Waals surface area contributed by atoms with Crippen molar-refractivity contribution in [1.29, 1.82) is 0 Å². The van der Waals surface area contributed by atoms with Gasteiger partial charge in [-0.2, -0.15) is 0 Å². The zero-order chi connectivity index (χ0) is 11.1. The second kappa shape index (κ2) is 6.90. The molecule has 14 heavy (non-hydrogen) atoms. The van der Waals surface area contributed by atoms with Crippen LogP contribution in [-0.4, -0.2) is 28.8 Å². The minimum absolute atomic E-state index is 0.00174. The Morgan fingerprint density at radius 3 is 2.50 bits per heavy atom. The lowest BCUT2D eigenvalue weighted by Crippen LogP contribution is -2.16. The fourth-order valence-electron chi connectivity index (χ4n) is 0.545. The van der Waals surface area contributed by atoms with Crippen molar-refractivity contribution in [3.05, 3.63) is 12.2 Å². The molecule has 0 rings (SSSR count). The third-order valence-corrected chi connectivity index (χ3v) is 2.65. The highest BCUT2D eigenvalue weighted by Crippen LogP contribution is 2.09. The molecule has 0 aliphatic rings. The van der Waals surface area contributed by atoms with Crippen LogP contribution < -0.4 is 0 Å². The molecule has 0 bridgehead atoms. The number of ether oxygens (including phenoxy) is 1. The first-order chi connectivity index (χ1) is 6.43. The highest BCUT2D eigenvalue weighted by atomic mass is 35.5. The first-order valence-electron chi connectivity index (χ1n) is 4.03. The molecule has 0 radical (unpaired) electrons. The number of carbonyl (C=O) groups is 2. The van der Waals surface area contributed by atoms with Crippen LogP contribution in [0.25, 0.3) is 0 Å². The van der Waals surface area contributed by atoms with Crippen LogP contribution in [0.4, 0.5) is 0 Å². The number of rotatable bonds is 5. The van der Waals surface area contributed by atoms with Crippen LogP contribution in [0.3, 0.4) is 0 Å². The summed E-state index contributed by atoms with van der Waals surface area (Å²) in [5, 5.41) is -0.339. The van der Waals surface area contributed by atoms with Crippen LogP contribution >= 0.6 is 23.4 Å². The minimum atomic E-state index is -0.455. The summed E-state index contributed by atoms with van der Waals surface area (Å²) in [5.41, 5.74) is 0.341. The van der Waals surface area contributed by atoms with Crippen molar-refractivity contribution < 1.29 is 14.3 Å². The number of esters is 1. The minimum Gasteiger partial charge on any atom is -0.461 e. The average molecular weight is 237 g/mol. The Bertz CT molecular complexity index is 240. The Hall–Kier alpha value is -0.480. The van der Waals surface area contributed by atoms with E-state index in [1.165, 1.54) is 6.92 Å². The van der Waals surface area contributed by atoms with Crippen molar-refractivity contribution in [3.8, 4) is 0 Å². The molecule has 1 atom stereocenters. The number of halogens is 1. The summed E-state index contributed by atoms with van der Waals surface area (Å²) in [6.45, 7) is 6.57. The summed E-state index contributed by atoms with van der Waals surface area (Å²) in [5.74, 6) is -0.0103. The zero-order valence-corrected chi connectivity index (χ0v) is 9.78. The van der Waals surface area contributed by atoms with Gasteiger partial charge in [0.15, 0.2) is 5.12 Å². The molecule has 0 amide bonds. The Labute approximate surface area is 92.8 Å². The molecule has 0 spiro atoms. The predicted octanol–water partition coefficient (Wildman–Crippen LogP) is 1.99. The maximum absolute atomic E-state index is 10.9. The van der Waals surface area contributed by atoms with Crippen molar-refractivity contribution in [2.45, 2.75) is 19.2 Å². The monoisotopic (exact) mass is 236 g/mol. The molecular weight excluding hydrogens is 224 g/mol. The molecule has 0 heterocycles. The summed E-state index contributed by atoms with van der Waals surface area (Å²) in [7, 11) is 0. The van der Waals surface area contributed by atoms with Crippen LogP contribution in [0.1, 0.15) is 13.8 Å². The molecule has 3 nitrogen and oxygen atoms in total. The number of hydrogen-bond donors (Lipinski definition) is 0. The Balaban J connectivity index is 3.63. The van der Waals surface area contributed by atoms with Crippen molar-refractivity contribution >= 4 is 34.4 Å². The third-order valence-electron chi connectivity index (χ3n) is 1.21. The fraction of sp³-hybridized carbons (Fsp3) is 0.556. The lowest BCUT2D eigenvalue weighted by molar-refractivity contribution is -0.138. The van der Waals surface area contributed by atoms with Gasteiger partial charge in [0.2, 0.25) is 0 Å². The summed E-state index contributed by atoms with van der Waals surface area (Å²) in [6.07, 6.45) is 0. The van der Waals surface area contributed by atoms with Crippen LogP contribution in [0.15, 0.2) is 12.2 Å². The molecule has 0 saturated heterocycles. The van der Waals surface area contributed by atoms with E-state index < -0.39 is 5.97 Å². The summed E-state index contributed by atoms with van der Waals surface area (Å²) in [6, 6.07) is 0. The van der Waals surface area contributed by atoms with Gasteiger partial charge in [0.05, 0.1) is 5.38 Å². The normalized spacial score (nSPS) is 11.9. The molecule has 0 aliphatic heterocycles. The van der Waals surface area contributed by atoms with Gasteiger partial charge in [-0.1, -0.05) is 18.3 Å². The molecule has 1 unspecified atom stereocenters. The van der Waals surface area contributed by atoms with Gasteiger partial charge in [-0.3, -0.25) is 4.79 Å². The molecule has 0 aromatic rings. The van der Waals surface area contributed by atoms with E-state index in [1.807, 2.05) is 0 Å². The summed E-state index contributed by atoms with van der Waals surface area (Å²) < 4.78 is 4.80. The van der Waals surface area contributed by atoms with E-state index in [4.69, 9.17) is 16.3 Å². The lowest BCUT2D eigenvalue weighted by Gasteiger charge is -2.08. The van der Waals surface area contributed by atoms with E-state index in [0.717, 1.165) is 11.8 Å². The van der Waals surface area contributed by atoms with Crippen LogP contribution in [-0.2, 0) is 14.3 Å². The van der Waals surface area contributed by atoms with Gasteiger partial charge in [-0.25, -0.2) is 4.79 Å². The van der Waals surface area contributed by atoms with E-state index in [1.54, 1.807) is 6.92 Å². The van der Waals surface area contributed by atoms with Gasteiger partial charge in [0.25, 0.3) is 0 Å². The lowest BCUT2D eigenvalue weighted by atomic mass is 10.4. The van der Waals surface area contributed by atoms with Crippen LogP contribution in [0.5, 0.6) is 0 Å². The molecule has 0 saturated carbocycles. The predicted molar refractivity (Wildman–Crippen MR) is 58.6 cm³/mol. The van der Waals surface area contributed by atoms with Crippen molar-refractivity contribution in [2.75, 3.05) is 12.4 Å². The smallest absolute Gasteiger partial charge is 0.333 e. The van der Waals surface area contributed by atoms with Crippen molar-refractivity contribution in [1.82, 2.24) is 0 Å². The number of hydrogen-bond acceptors (Lipinski definition) is 4. The van der Waals surface area contributed by atoms with E-state index in [-0.39, 0.29) is 17.1 Å². The topological polar surface area (TPSA) is 43.4 Å². The second-order valence-electron chi connectivity index (χ2n) is 2.78. The number of thioether (sulfide) groups is 1. The van der Waals surface area contributed by atoms with Crippen molar-refractivity contribution in [2.24, 2.45) is 0 Å². The third kappa shape index (κ3) is 6.97. The maximum Gasteiger partial charge on any atom is 0.333 e. The van der Waals surface area contributed by atoms with Gasteiger partial charge in [-0.05, 0) is 6.92 Å². The van der Waals surface area contributed by atoms with Crippen LogP contribution in [0.2, 0.25) is 0 Å².